The van der Waals surface area contributed by atoms with Crippen LogP contribution in [0.1, 0.15) is 41.8 Å². The number of alkyl halides is 3. The third-order valence-electron chi connectivity index (χ3n) is 4.38. The minimum absolute atomic E-state index is 0.0760. The van der Waals surface area contributed by atoms with Crippen molar-refractivity contribution in [2.24, 2.45) is 0 Å². The second-order valence-corrected chi connectivity index (χ2v) is 6.09. The molecule has 25 heavy (non-hydrogen) atoms. The van der Waals surface area contributed by atoms with Gasteiger partial charge in [0.25, 0.3) is 0 Å². The molecule has 1 saturated carbocycles. The van der Waals surface area contributed by atoms with Crippen molar-refractivity contribution in [3.8, 4) is 0 Å². The third kappa shape index (κ3) is 2.90. The smallest absolute Gasteiger partial charge is 0.335 e. The van der Waals surface area contributed by atoms with E-state index in [0.29, 0.717) is 5.92 Å². The number of hydrogen-bond acceptors (Lipinski definition) is 4. The summed E-state index contributed by atoms with van der Waals surface area (Å²) in [5.41, 5.74) is 1.93. The molecule has 0 aromatic carbocycles. The van der Waals surface area contributed by atoms with Gasteiger partial charge in [-0.15, -0.1) is 0 Å². The summed E-state index contributed by atoms with van der Waals surface area (Å²) in [6, 6.07) is 2.28. The van der Waals surface area contributed by atoms with Crippen molar-refractivity contribution in [3.05, 3.63) is 47.7 Å². The summed E-state index contributed by atoms with van der Waals surface area (Å²) >= 11 is 0. The van der Waals surface area contributed by atoms with E-state index in [9.17, 15) is 18.0 Å². The number of urea groups is 1. The fourth-order valence-corrected chi connectivity index (χ4v) is 3.10. The van der Waals surface area contributed by atoms with Crippen molar-refractivity contribution in [2.75, 3.05) is 11.4 Å². The van der Waals surface area contributed by atoms with E-state index in [2.05, 4.69) is 20.3 Å². The maximum atomic E-state index is 12.9. The van der Waals surface area contributed by atoms with Gasteiger partial charge in [0.1, 0.15) is 5.82 Å². The van der Waals surface area contributed by atoms with E-state index < -0.39 is 24.1 Å². The van der Waals surface area contributed by atoms with Gasteiger partial charge in [0, 0.05) is 25.1 Å². The van der Waals surface area contributed by atoms with E-state index in [-0.39, 0.29) is 12.4 Å². The maximum Gasteiger partial charge on any atom is 0.451 e. The molecule has 0 spiro atoms. The molecule has 6 nitrogen and oxygen atoms in total. The summed E-state index contributed by atoms with van der Waals surface area (Å²) in [5.74, 6) is -0.920. The Hall–Kier alpha value is -2.71. The fraction of sp³-hybridized carbons (Fsp3) is 0.375. The molecule has 4 rings (SSSR count). The van der Waals surface area contributed by atoms with Crippen LogP contribution in [0.25, 0.3) is 0 Å². The Balaban J connectivity index is 1.74. The monoisotopic (exact) mass is 349 g/mol. The number of carbonyl (C=O) groups excluding carboxylic acids is 1. The molecule has 0 bridgehead atoms. The summed E-state index contributed by atoms with van der Waals surface area (Å²) in [5, 5.41) is 2.68. The largest absolute Gasteiger partial charge is 0.451 e. The first-order valence-electron chi connectivity index (χ1n) is 7.86. The van der Waals surface area contributed by atoms with Crippen LogP contribution >= 0.6 is 0 Å². The molecule has 2 amide bonds. The SMILES string of the molecule is O=C1NCC(c2cnccc2C2CC2)N1c1ccnc(C(F)(F)F)n1. The third-order valence-corrected chi connectivity index (χ3v) is 4.38. The van der Waals surface area contributed by atoms with Crippen molar-refractivity contribution in [2.45, 2.75) is 31.0 Å². The summed E-state index contributed by atoms with van der Waals surface area (Å²) in [6.45, 7) is 0.287. The summed E-state index contributed by atoms with van der Waals surface area (Å²) in [4.78, 5) is 24.5. The molecule has 2 aromatic heterocycles. The van der Waals surface area contributed by atoms with Crippen LogP contribution in [0.5, 0.6) is 0 Å². The number of nitrogens with one attached hydrogen (secondary N) is 1. The summed E-state index contributed by atoms with van der Waals surface area (Å²) in [7, 11) is 0. The van der Waals surface area contributed by atoms with Crippen LogP contribution in [0.15, 0.2) is 30.7 Å². The van der Waals surface area contributed by atoms with Gasteiger partial charge < -0.3 is 5.32 Å². The molecule has 1 unspecified atom stereocenters. The first kappa shape index (κ1) is 15.8. The van der Waals surface area contributed by atoms with Crippen molar-refractivity contribution in [1.29, 1.82) is 0 Å². The molecular weight excluding hydrogens is 335 g/mol. The molecule has 1 aliphatic heterocycles. The Morgan fingerprint density at radius 2 is 1.96 bits per heavy atom. The van der Waals surface area contributed by atoms with E-state index in [0.717, 1.165) is 30.2 Å². The van der Waals surface area contributed by atoms with Gasteiger partial charge in [0.15, 0.2) is 0 Å². The Bertz CT molecular complexity index is 821. The average Bonchev–Trinajstić information content (AvgIpc) is 3.36. The predicted octanol–water partition coefficient (Wildman–Crippen LogP) is 3.04. The van der Waals surface area contributed by atoms with E-state index in [1.54, 1.807) is 12.4 Å². The zero-order valence-electron chi connectivity index (χ0n) is 13.0. The van der Waals surface area contributed by atoms with Gasteiger partial charge in [-0.05, 0) is 42.0 Å². The molecule has 9 heteroatoms. The Labute approximate surface area is 141 Å². The Kier molecular flexibility index (Phi) is 3.59. The predicted molar refractivity (Wildman–Crippen MR) is 81.9 cm³/mol. The number of rotatable bonds is 3. The molecule has 1 N–H and O–H groups in total. The number of carbonyl (C=O) groups is 1. The Morgan fingerprint density at radius 1 is 1.16 bits per heavy atom. The van der Waals surface area contributed by atoms with Crippen LogP contribution in [0.3, 0.4) is 0 Å². The first-order chi connectivity index (χ1) is 11.9. The van der Waals surface area contributed by atoms with Gasteiger partial charge in [-0.1, -0.05) is 0 Å². The fourth-order valence-electron chi connectivity index (χ4n) is 3.10. The van der Waals surface area contributed by atoms with Crippen molar-refractivity contribution >= 4 is 11.8 Å². The summed E-state index contributed by atoms with van der Waals surface area (Å²) < 4.78 is 38.7. The van der Waals surface area contributed by atoms with Crippen molar-refractivity contribution in [3.63, 3.8) is 0 Å². The van der Waals surface area contributed by atoms with E-state index in [1.165, 1.54) is 11.0 Å². The zero-order chi connectivity index (χ0) is 17.6. The number of pyridine rings is 1. The minimum Gasteiger partial charge on any atom is -0.335 e. The topological polar surface area (TPSA) is 71.0 Å². The zero-order valence-corrected chi connectivity index (χ0v) is 13.0. The van der Waals surface area contributed by atoms with Gasteiger partial charge in [-0.2, -0.15) is 13.2 Å². The van der Waals surface area contributed by atoms with Gasteiger partial charge in [-0.3, -0.25) is 9.88 Å². The van der Waals surface area contributed by atoms with Gasteiger partial charge in [-0.25, -0.2) is 14.8 Å². The lowest BCUT2D eigenvalue weighted by Crippen LogP contribution is -2.31. The van der Waals surface area contributed by atoms with Gasteiger partial charge in [0.05, 0.1) is 6.04 Å². The Morgan fingerprint density at radius 3 is 2.68 bits per heavy atom. The van der Waals surface area contributed by atoms with E-state index in [1.807, 2.05) is 6.07 Å². The molecular formula is C16H14F3N5O. The molecule has 1 aliphatic carbocycles. The molecule has 2 aromatic rings. The van der Waals surface area contributed by atoms with Gasteiger partial charge >= 0.3 is 12.2 Å². The number of hydrogen-bond donors (Lipinski definition) is 1. The number of amides is 2. The quantitative estimate of drug-likeness (QED) is 0.925. The number of halogens is 3. The van der Waals surface area contributed by atoms with Crippen LogP contribution in [0.2, 0.25) is 0 Å². The highest BCUT2D eigenvalue weighted by Gasteiger charge is 2.40. The number of aromatic nitrogens is 3. The highest BCUT2D eigenvalue weighted by Crippen LogP contribution is 2.44. The van der Waals surface area contributed by atoms with Crippen molar-refractivity contribution in [1.82, 2.24) is 20.3 Å². The van der Waals surface area contributed by atoms with Crippen LogP contribution in [-0.4, -0.2) is 27.5 Å². The van der Waals surface area contributed by atoms with Crippen LogP contribution in [-0.2, 0) is 6.18 Å². The van der Waals surface area contributed by atoms with Crippen LogP contribution in [0.4, 0.5) is 23.8 Å². The minimum atomic E-state index is -4.67. The molecule has 0 radical (unpaired) electrons. The molecule has 2 aliphatic rings. The molecule has 1 atom stereocenters. The molecule has 2 fully saturated rings. The second kappa shape index (κ2) is 5.68. The normalized spacial score (nSPS) is 20.7. The lowest BCUT2D eigenvalue weighted by Gasteiger charge is -2.24. The molecule has 130 valence electrons. The number of nitrogens with zero attached hydrogens (tertiary/aromatic N) is 4. The van der Waals surface area contributed by atoms with Crippen LogP contribution < -0.4 is 10.2 Å². The van der Waals surface area contributed by atoms with E-state index >= 15 is 0 Å². The first-order valence-corrected chi connectivity index (χ1v) is 7.86. The molecule has 3 heterocycles. The van der Waals surface area contributed by atoms with E-state index in [4.69, 9.17) is 0 Å². The lowest BCUT2D eigenvalue weighted by molar-refractivity contribution is -0.144. The van der Waals surface area contributed by atoms with Crippen molar-refractivity contribution < 1.29 is 18.0 Å². The standard InChI is InChI=1S/C16H14F3N5O/c17-16(18,19)14-21-6-4-13(23-14)24-12(8-22-15(24)25)11-7-20-5-3-10(11)9-1-2-9/h3-7,9,12H,1-2,8H2,(H,22,25). The number of anilines is 1. The lowest BCUT2D eigenvalue weighted by atomic mass is 9.99. The maximum absolute atomic E-state index is 12.9. The average molecular weight is 349 g/mol. The highest BCUT2D eigenvalue weighted by molar-refractivity contribution is 5.94. The summed E-state index contributed by atoms with van der Waals surface area (Å²) in [6.07, 6.45) is 1.84. The molecule has 1 saturated heterocycles. The van der Waals surface area contributed by atoms with Gasteiger partial charge in [0.2, 0.25) is 5.82 Å². The van der Waals surface area contributed by atoms with Crippen LogP contribution in [0, 0.1) is 0 Å². The highest BCUT2D eigenvalue weighted by atomic mass is 19.4. The second-order valence-electron chi connectivity index (χ2n) is 6.09.